The first kappa shape index (κ1) is 23.4. The van der Waals surface area contributed by atoms with Gasteiger partial charge in [-0.25, -0.2) is 4.98 Å². The highest BCUT2D eigenvalue weighted by Crippen LogP contribution is 2.25. The fourth-order valence-electron chi connectivity index (χ4n) is 3.97. The molecule has 3 heterocycles. The van der Waals surface area contributed by atoms with Gasteiger partial charge in [0.2, 0.25) is 0 Å². The normalized spacial score (nSPS) is 19.2. The minimum atomic E-state index is -0.230. The van der Waals surface area contributed by atoms with Gasteiger partial charge >= 0.3 is 0 Å². The largest absolute Gasteiger partial charge is 0.357 e. The lowest BCUT2D eigenvalue weighted by Crippen LogP contribution is -2.47. The zero-order valence-electron chi connectivity index (χ0n) is 18.0. The minimum absolute atomic E-state index is 0.230. The summed E-state index contributed by atoms with van der Waals surface area (Å²) in [6, 6.07) is 4.00. The number of hydrogen-bond donors (Lipinski definition) is 2. The van der Waals surface area contributed by atoms with Crippen LogP contribution in [0.1, 0.15) is 37.2 Å². The molecule has 1 aromatic rings. The fourth-order valence-corrected chi connectivity index (χ4v) is 3.97. The van der Waals surface area contributed by atoms with E-state index in [4.69, 9.17) is 0 Å². The van der Waals surface area contributed by atoms with Crippen LogP contribution in [0.25, 0.3) is 0 Å². The predicted molar refractivity (Wildman–Crippen MR) is 118 cm³/mol. The molecule has 0 bridgehead atoms. The van der Waals surface area contributed by atoms with Crippen LogP contribution in [0.15, 0.2) is 18.3 Å². The molecule has 0 amide bonds. The number of rotatable bonds is 8. The molecule has 2 fully saturated rings. The lowest BCUT2D eigenvalue weighted by molar-refractivity contribution is -0.109. The number of aldehydes is 2. The molecule has 162 valence electrons. The van der Waals surface area contributed by atoms with Gasteiger partial charge in [0.1, 0.15) is 18.4 Å². The maximum absolute atomic E-state index is 11.2. The topological polar surface area (TPSA) is 77.6 Å². The number of hydrogen-bond acceptors (Lipinski definition) is 7. The molecule has 3 rings (SSSR count). The van der Waals surface area contributed by atoms with Crippen LogP contribution in [-0.2, 0) is 9.59 Å². The molecule has 2 N–H and O–H groups in total. The Kier molecular flexibility index (Phi) is 10.8. The molecule has 2 aliphatic heterocycles. The van der Waals surface area contributed by atoms with Crippen molar-refractivity contribution in [1.82, 2.24) is 20.5 Å². The number of aromatic nitrogens is 1. The van der Waals surface area contributed by atoms with Gasteiger partial charge in [-0.3, -0.25) is 0 Å². The van der Waals surface area contributed by atoms with E-state index in [2.05, 4.69) is 25.4 Å². The second-order valence-corrected chi connectivity index (χ2v) is 7.92. The average Bonchev–Trinajstić information content (AvgIpc) is 2.77. The number of piperidine rings is 1. The number of pyridine rings is 1. The quantitative estimate of drug-likeness (QED) is 0.634. The molecule has 1 aromatic heterocycles. The lowest BCUT2D eigenvalue weighted by Gasteiger charge is -2.36. The summed E-state index contributed by atoms with van der Waals surface area (Å²) in [7, 11) is 3.75. The maximum Gasteiger partial charge on any atom is 0.128 e. The van der Waals surface area contributed by atoms with Crippen LogP contribution in [0.4, 0.5) is 5.82 Å². The molecular formula is C22H37N5O2. The predicted octanol–water partition coefficient (Wildman–Crippen LogP) is 1.30. The van der Waals surface area contributed by atoms with E-state index in [0.717, 1.165) is 56.1 Å². The van der Waals surface area contributed by atoms with Crippen LogP contribution in [0, 0.1) is 5.92 Å². The summed E-state index contributed by atoms with van der Waals surface area (Å²) in [6.45, 7) is 7.89. The van der Waals surface area contributed by atoms with E-state index in [-0.39, 0.29) is 5.92 Å². The van der Waals surface area contributed by atoms with Crippen LogP contribution in [0.2, 0.25) is 0 Å². The second kappa shape index (κ2) is 13.4. The van der Waals surface area contributed by atoms with E-state index in [1.165, 1.54) is 32.5 Å². The van der Waals surface area contributed by atoms with Gasteiger partial charge in [-0.1, -0.05) is 6.07 Å². The molecule has 0 aliphatic carbocycles. The molecule has 0 aromatic carbocycles. The lowest BCUT2D eigenvalue weighted by atomic mass is 9.95. The number of piperazine rings is 1. The van der Waals surface area contributed by atoms with E-state index in [1.807, 2.05) is 26.2 Å². The molecule has 1 unspecified atom stereocenters. The number of nitrogens with zero attached hydrogens (tertiary/aromatic N) is 3. The summed E-state index contributed by atoms with van der Waals surface area (Å²) in [5, 5.41) is 6.16. The fraction of sp³-hybridized carbons (Fsp3) is 0.682. The third kappa shape index (κ3) is 7.84. The van der Waals surface area contributed by atoms with Crippen molar-refractivity contribution in [2.75, 3.05) is 64.8 Å². The van der Waals surface area contributed by atoms with Gasteiger partial charge in [-0.15, -0.1) is 0 Å². The molecule has 7 heteroatoms. The first-order chi connectivity index (χ1) is 14.2. The van der Waals surface area contributed by atoms with Gasteiger partial charge in [0, 0.05) is 64.3 Å². The zero-order valence-corrected chi connectivity index (χ0v) is 18.0. The zero-order chi connectivity index (χ0) is 20.9. The monoisotopic (exact) mass is 403 g/mol. The Bertz CT molecular complexity index is 581. The molecule has 7 nitrogen and oxygen atoms in total. The van der Waals surface area contributed by atoms with Crippen LogP contribution in [0.5, 0.6) is 0 Å². The molecule has 29 heavy (non-hydrogen) atoms. The van der Waals surface area contributed by atoms with Gasteiger partial charge in [0.25, 0.3) is 0 Å². The number of nitrogens with one attached hydrogen (secondary N) is 2. The third-order valence-electron chi connectivity index (χ3n) is 5.62. The maximum atomic E-state index is 11.2. The van der Waals surface area contributed by atoms with Crippen molar-refractivity contribution in [2.24, 2.45) is 5.92 Å². The van der Waals surface area contributed by atoms with Crippen LogP contribution in [0.3, 0.4) is 0 Å². The van der Waals surface area contributed by atoms with Crippen molar-refractivity contribution < 1.29 is 9.59 Å². The van der Waals surface area contributed by atoms with Crippen molar-refractivity contribution in [3.63, 3.8) is 0 Å². The van der Waals surface area contributed by atoms with E-state index in [0.29, 0.717) is 12.8 Å². The van der Waals surface area contributed by atoms with Gasteiger partial charge < -0.3 is 30.0 Å². The van der Waals surface area contributed by atoms with Crippen molar-refractivity contribution in [3.8, 4) is 0 Å². The summed E-state index contributed by atoms with van der Waals surface area (Å²) >= 11 is 0. The number of anilines is 1. The van der Waals surface area contributed by atoms with Crippen LogP contribution >= 0.6 is 0 Å². The van der Waals surface area contributed by atoms with Crippen molar-refractivity contribution in [1.29, 1.82) is 0 Å². The smallest absolute Gasteiger partial charge is 0.128 e. The van der Waals surface area contributed by atoms with Gasteiger partial charge in [-0.2, -0.15) is 0 Å². The Morgan fingerprint density at radius 3 is 2.41 bits per heavy atom. The Morgan fingerprint density at radius 1 is 1.17 bits per heavy atom. The SMILES string of the molecule is CNC.O=CCCC(C=O)c1ccc(N2CCC(CN3CCNCC3)CC2)nc1. The Hall–Kier alpha value is -1.83. The first-order valence-corrected chi connectivity index (χ1v) is 10.8. The van der Waals surface area contributed by atoms with Gasteiger partial charge in [0.15, 0.2) is 0 Å². The van der Waals surface area contributed by atoms with E-state index in [9.17, 15) is 9.59 Å². The highest BCUT2D eigenvalue weighted by atomic mass is 16.1. The van der Waals surface area contributed by atoms with Crippen LogP contribution < -0.4 is 15.5 Å². The summed E-state index contributed by atoms with van der Waals surface area (Å²) in [4.78, 5) is 31.3. The minimum Gasteiger partial charge on any atom is -0.357 e. The highest BCUT2D eigenvalue weighted by Gasteiger charge is 2.23. The highest BCUT2D eigenvalue weighted by molar-refractivity contribution is 5.63. The molecule has 1 atom stereocenters. The van der Waals surface area contributed by atoms with Crippen molar-refractivity contribution >= 4 is 18.4 Å². The van der Waals surface area contributed by atoms with E-state index >= 15 is 0 Å². The summed E-state index contributed by atoms with van der Waals surface area (Å²) < 4.78 is 0. The van der Waals surface area contributed by atoms with Crippen molar-refractivity contribution in [2.45, 2.75) is 31.6 Å². The molecule has 0 saturated carbocycles. The number of carbonyl (C=O) groups excluding carboxylic acids is 2. The van der Waals surface area contributed by atoms with E-state index < -0.39 is 0 Å². The molecular weight excluding hydrogens is 366 g/mol. The molecule has 0 radical (unpaired) electrons. The average molecular weight is 404 g/mol. The van der Waals surface area contributed by atoms with Crippen LogP contribution in [-0.4, -0.2) is 82.4 Å². The Labute approximate surface area is 175 Å². The second-order valence-electron chi connectivity index (χ2n) is 7.92. The standard InChI is InChI=1S/C20H30N4O2.C2H7N/c25-13-1-2-19(16-26)18-3-4-20(22-14-18)24-9-5-17(6-10-24)15-23-11-7-21-8-12-23;1-3-2/h3-4,13-14,16-17,19,21H,1-2,5-12,15H2;3H,1-2H3. The molecule has 0 spiro atoms. The molecule has 2 saturated heterocycles. The van der Waals surface area contributed by atoms with Gasteiger partial charge in [0.05, 0.1) is 0 Å². The summed E-state index contributed by atoms with van der Waals surface area (Å²) in [6.07, 6.45) is 6.97. The molecule has 2 aliphatic rings. The number of carbonyl (C=O) groups is 2. The van der Waals surface area contributed by atoms with Gasteiger partial charge in [-0.05, 0) is 50.9 Å². The van der Waals surface area contributed by atoms with Crippen molar-refractivity contribution in [3.05, 3.63) is 23.9 Å². The first-order valence-electron chi connectivity index (χ1n) is 10.8. The summed E-state index contributed by atoms with van der Waals surface area (Å²) in [5.41, 5.74) is 0.902. The Balaban J connectivity index is 0.000000941. The summed E-state index contributed by atoms with van der Waals surface area (Å²) in [5.74, 6) is 1.55. The van der Waals surface area contributed by atoms with E-state index in [1.54, 1.807) is 6.20 Å². The Morgan fingerprint density at radius 2 is 1.86 bits per heavy atom. The third-order valence-corrected chi connectivity index (χ3v) is 5.62.